The molecule has 3 aromatic rings. The van der Waals surface area contributed by atoms with Crippen LogP contribution in [0.1, 0.15) is 95.4 Å². The zero-order valence-electron chi connectivity index (χ0n) is 23.2. The van der Waals surface area contributed by atoms with Gasteiger partial charge in [-0.15, -0.1) is 21.5 Å². The van der Waals surface area contributed by atoms with Crippen molar-refractivity contribution in [2.75, 3.05) is 11.9 Å². The summed E-state index contributed by atoms with van der Waals surface area (Å²) >= 11 is 2.74. The first-order valence-electron chi connectivity index (χ1n) is 14.1. The second-order valence-electron chi connectivity index (χ2n) is 10.3. The van der Waals surface area contributed by atoms with Crippen molar-refractivity contribution >= 4 is 45.9 Å². The number of amides is 2. The van der Waals surface area contributed by atoms with Crippen LogP contribution in [0, 0.1) is 5.82 Å². The van der Waals surface area contributed by atoms with E-state index in [9.17, 15) is 18.8 Å². The smallest absolute Gasteiger partial charge is 0.341 e. The van der Waals surface area contributed by atoms with Crippen LogP contribution < -0.4 is 10.6 Å². The van der Waals surface area contributed by atoms with Gasteiger partial charge in [-0.3, -0.25) is 9.59 Å². The Morgan fingerprint density at radius 2 is 1.93 bits per heavy atom. The number of rotatable bonds is 10. The quantitative estimate of drug-likeness (QED) is 0.227. The van der Waals surface area contributed by atoms with Gasteiger partial charge < -0.3 is 19.9 Å². The third-order valence-electron chi connectivity index (χ3n) is 7.49. The number of aryl methyl sites for hydroxylation is 1. The zero-order chi connectivity index (χ0) is 28.9. The molecule has 0 spiro atoms. The molecule has 41 heavy (non-hydrogen) atoms. The molecule has 0 aliphatic heterocycles. The lowest BCUT2D eigenvalue weighted by Gasteiger charge is -2.26. The summed E-state index contributed by atoms with van der Waals surface area (Å²) in [6.45, 7) is 3.92. The van der Waals surface area contributed by atoms with Gasteiger partial charge in [-0.25, -0.2) is 9.18 Å². The predicted octanol–water partition coefficient (Wildman–Crippen LogP) is 5.70. The first-order valence-corrected chi connectivity index (χ1v) is 15.8. The van der Waals surface area contributed by atoms with Crippen molar-refractivity contribution in [1.82, 2.24) is 20.1 Å². The van der Waals surface area contributed by atoms with Gasteiger partial charge in [0.05, 0.1) is 29.5 Å². The van der Waals surface area contributed by atoms with Crippen LogP contribution in [0.2, 0.25) is 0 Å². The molecule has 1 unspecified atom stereocenters. The van der Waals surface area contributed by atoms with Gasteiger partial charge in [0.2, 0.25) is 5.91 Å². The van der Waals surface area contributed by atoms with Crippen LogP contribution in [0.5, 0.6) is 0 Å². The molecule has 1 aromatic carbocycles. The van der Waals surface area contributed by atoms with Gasteiger partial charge in [-0.05, 0) is 63.6 Å². The molecule has 5 rings (SSSR count). The lowest BCUT2D eigenvalue weighted by molar-refractivity contribution is -0.115. The van der Waals surface area contributed by atoms with E-state index in [0.29, 0.717) is 21.5 Å². The average molecular weight is 600 g/mol. The van der Waals surface area contributed by atoms with Crippen LogP contribution in [0.4, 0.5) is 9.39 Å². The van der Waals surface area contributed by atoms with E-state index >= 15 is 0 Å². The van der Waals surface area contributed by atoms with E-state index in [0.717, 1.165) is 61.8 Å². The molecular weight excluding hydrogens is 565 g/mol. The Morgan fingerprint density at radius 1 is 1.15 bits per heavy atom. The van der Waals surface area contributed by atoms with E-state index in [2.05, 4.69) is 20.8 Å². The van der Waals surface area contributed by atoms with Crippen molar-refractivity contribution in [3.8, 4) is 0 Å². The van der Waals surface area contributed by atoms with Gasteiger partial charge in [0.15, 0.2) is 11.0 Å². The third-order valence-corrected chi connectivity index (χ3v) is 9.75. The number of thiophene rings is 1. The van der Waals surface area contributed by atoms with Crippen molar-refractivity contribution in [3.05, 3.63) is 57.5 Å². The highest BCUT2D eigenvalue weighted by atomic mass is 32.2. The molecule has 9 nitrogen and oxygen atoms in total. The van der Waals surface area contributed by atoms with Crippen molar-refractivity contribution < 1.29 is 23.5 Å². The Labute approximate surface area is 246 Å². The summed E-state index contributed by atoms with van der Waals surface area (Å²) in [5.74, 6) is -1.19. The molecule has 2 aliphatic rings. The largest absolute Gasteiger partial charge is 0.462 e. The van der Waals surface area contributed by atoms with Crippen molar-refractivity contribution in [1.29, 1.82) is 0 Å². The summed E-state index contributed by atoms with van der Waals surface area (Å²) in [4.78, 5) is 39.8. The molecule has 1 atom stereocenters. The van der Waals surface area contributed by atoms with E-state index in [1.165, 1.54) is 41.3 Å². The van der Waals surface area contributed by atoms with E-state index in [4.69, 9.17) is 4.74 Å². The molecular formula is C29H34FN5O4S2. The number of halogens is 1. The van der Waals surface area contributed by atoms with E-state index in [-0.39, 0.29) is 30.7 Å². The van der Waals surface area contributed by atoms with Crippen molar-refractivity contribution in [2.45, 2.75) is 88.2 Å². The van der Waals surface area contributed by atoms with Crippen LogP contribution in [0.25, 0.3) is 0 Å². The number of nitrogens with one attached hydrogen (secondary N) is 2. The first kappa shape index (κ1) is 29.2. The maximum Gasteiger partial charge on any atom is 0.341 e. The molecule has 12 heteroatoms. The van der Waals surface area contributed by atoms with Gasteiger partial charge in [-0.2, -0.15) is 0 Å². The molecule has 0 saturated heterocycles. The number of hydrogen-bond donors (Lipinski definition) is 2. The molecule has 2 amide bonds. The number of anilines is 1. The Kier molecular flexibility index (Phi) is 9.39. The zero-order valence-corrected chi connectivity index (χ0v) is 24.8. The average Bonchev–Trinajstić information content (AvgIpc) is 3.67. The fourth-order valence-corrected chi connectivity index (χ4v) is 7.67. The Hall–Kier alpha value is -3.25. The molecule has 2 N–H and O–H groups in total. The minimum Gasteiger partial charge on any atom is -0.462 e. The second-order valence-corrected chi connectivity index (χ2v) is 12.7. The number of fused-ring (bicyclic) bond motifs is 1. The van der Waals surface area contributed by atoms with Gasteiger partial charge in [0.1, 0.15) is 10.8 Å². The minimum absolute atomic E-state index is 0.0298. The van der Waals surface area contributed by atoms with Gasteiger partial charge >= 0.3 is 5.97 Å². The summed E-state index contributed by atoms with van der Waals surface area (Å²) in [6, 6.07) is 5.99. The Morgan fingerprint density at radius 3 is 2.68 bits per heavy atom. The minimum atomic E-state index is -0.586. The van der Waals surface area contributed by atoms with Crippen LogP contribution in [-0.2, 0) is 28.9 Å². The van der Waals surface area contributed by atoms with Crippen LogP contribution in [0.3, 0.4) is 0 Å². The molecule has 1 fully saturated rings. The van der Waals surface area contributed by atoms with Crippen LogP contribution in [-0.4, -0.2) is 44.4 Å². The van der Waals surface area contributed by atoms with Gasteiger partial charge in [0.25, 0.3) is 5.91 Å². The van der Waals surface area contributed by atoms with Crippen LogP contribution in [0.15, 0.2) is 29.4 Å². The first-order chi connectivity index (χ1) is 19.9. The molecule has 2 aromatic heterocycles. The maximum atomic E-state index is 14.1. The SMILES string of the molecule is CCOC(=O)c1c(NC(=O)C(C)Sc2nnc(CNC(=O)c3ccccc3F)n2C2CCCCC2)sc2c1CCC2. The Bertz CT molecular complexity index is 1430. The van der Waals surface area contributed by atoms with Gasteiger partial charge in [-0.1, -0.05) is 43.2 Å². The topological polar surface area (TPSA) is 115 Å². The monoisotopic (exact) mass is 599 g/mol. The van der Waals surface area contributed by atoms with Gasteiger partial charge in [0, 0.05) is 10.9 Å². The third kappa shape index (κ3) is 6.48. The molecule has 2 heterocycles. The van der Waals surface area contributed by atoms with E-state index in [1.54, 1.807) is 19.9 Å². The number of aromatic nitrogens is 3. The number of carbonyl (C=O) groups excluding carboxylic acids is 3. The predicted molar refractivity (Wildman–Crippen MR) is 156 cm³/mol. The fourth-order valence-electron chi connectivity index (χ4n) is 5.45. The number of carbonyl (C=O) groups is 3. The summed E-state index contributed by atoms with van der Waals surface area (Å²) in [5.41, 5.74) is 1.44. The summed E-state index contributed by atoms with van der Waals surface area (Å²) in [6.07, 6.45) is 7.90. The summed E-state index contributed by atoms with van der Waals surface area (Å²) in [5, 5.41) is 15.1. The number of nitrogens with zero attached hydrogens (tertiary/aromatic N) is 3. The summed E-state index contributed by atoms with van der Waals surface area (Å²) in [7, 11) is 0. The lowest BCUT2D eigenvalue weighted by atomic mass is 9.95. The Balaban J connectivity index is 1.32. The molecule has 0 bridgehead atoms. The highest BCUT2D eigenvalue weighted by molar-refractivity contribution is 8.00. The highest BCUT2D eigenvalue weighted by Gasteiger charge is 2.31. The number of benzene rings is 1. The standard InChI is InChI=1S/C29H34FN5O4S2/c1-3-39-28(38)24-20-13-9-15-22(20)41-27(24)32-25(36)17(2)40-29-34-33-23(35(29)18-10-5-4-6-11-18)16-31-26(37)19-12-7-8-14-21(19)30/h7-8,12,14,17-18H,3-6,9-11,13,15-16H2,1-2H3,(H,31,37)(H,32,36). The molecule has 2 aliphatic carbocycles. The highest BCUT2D eigenvalue weighted by Crippen LogP contribution is 2.40. The van der Waals surface area contributed by atoms with Crippen molar-refractivity contribution in [3.63, 3.8) is 0 Å². The number of ether oxygens (including phenoxy) is 1. The second kappa shape index (κ2) is 13.2. The molecule has 0 radical (unpaired) electrons. The maximum absolute atomic E-state index is 14.1. The van der Waals surface area contributed by atoms with Crippen LogP contribution >= 0.6 is 23.1 Å². The number of esters is 1. The lowest BCUT2D eigenvalue weighted by Crippen LogP contribution is -2.27. The van der Waals surface area contributed by atoms with E-state index < -0.39 is 22.9 Å². The van der Waals surface area contributed by atoms with E-state index in [1.807, 2.05) is 4.57 Å². The normalized spacial score (nSPS) is 15.8. The molecule has 218 valence electrons. The number of thioether (sulfide) groups is 1. The molecule has 1 saturated carbocycles. The summed E-state index contributed by atoms with van der Waals surface area (Å²) < 4.78 is 21.4. The van der Waals surface area contributed by atoms with Crippen molar-refractivity contribution in [2.24, 2.45) is 0 Å². The fraction of sp³-hybridized carbons (Fsp3) is 0.483. The number of hydrogen-bond acceptors (Lipinski definition) is 8.